The van der Waals surface area contributed by atoms with Crippen molar-refractivity contribution in [2.24, 2.45) is 0 Å². The molecule has 0 aliphatic heterocycles. The number of benzene rings is 1. The minimum atomic E-state index is 0. The number of rotatable bonds is 2. The van der Waals surface area contributed by atoms with Crippen molar-refractivity contribution in [2.45, 2.75) is 5.75 Å². The molecule has 0 aliphatic rings. The zero-order chi connectivity index (χ0) is 8.10. The van der Waals surface area contributed by atoms with E-state index in [0.29, 0.717) is 0 Å². The van der Waals surface area contributed by atoms with E-state index < -0.39 is 0 Å². The van der Waals surface area contributed by atoms with Gasteiger partial charge >= 0.3 is 51.4 Å². The van der Waals surface area contributed by atoms with Crippen LogP contribution in [0.3, 0.4) is 0 Å². The van der Waals surface area contributed by atoms with Crippen molar-refractivity contribution < 1.29 is 5.11 Å². The van der Waals surface area contributed by atoms with Gasteiger partial charge in [-0.15, -0.1) is 0 Å². The van der Waals surface area contributed by atoms with Crippen molar-refractivity contribution in [1.29, 1.82) is 0 Å². The van der Waals surface area contributed by atoms with E-state index in [1.165, 1.54) is 17.3 Å². The van der Waals surface area contributed by atoms with E-state index in [1.807, 2.05) is 30.3 Å². The first-order chi connectivity index (χ1) is 5.29. The fourth-order valence-corrected chi connectivity index (χ4v) is 1.38. The molecule has 0 unspecified atom stereocenters. The third-order valence-corrected chi connectivity index (χ3v) is 2.28. The second-order valence-electron chi connectivity index (χ2n) is 2.04. The van der Waals surface area contributed by atoms with Crippen LogP contribution in [0.1, 0.15) is 5.56 Å². The molecule has 0 atom stereocenters. The Hall–Kier alpha value is 1.10. The summed E-state index contributed by atoms with van der Waals surface area (Å²) >= 11 is 5.78. The van der Waals surface area contributed by atoms with Crippen molar-refractivity contribution in [1.82, 2.24) is 0 Å². The molecule has 4 heteroatoms. The normalized spacial score (nSPS) is 8.67. The molecule has 0 aromatic heterocycles. The number of aliphatic hydroxyl groups excluding tert-OH is 1. The number of hydrogen-bond donors (Lipinski definition) is 1. The molecular formula is C8H9KOS2. The Bertz CT molecular complexity index is 238. The fraction of sp³-hybridized carbons (Fsp3) is 0.125. The number of thioether (sulfide) groups is 1. The van der Waals surface area contributed by atoms with Crippen LogP contribution in [-0.4, -0.2) is 60.9 Å². The molecule has 0 aliphatic carbocycles. The van der Waals surface area contributed by atoms with Gasteiger partial charge in [0.1, 0.15) is 0 Å². The zero-order valence-electron chi connectivity index (χ0n) is 5.86. The van der Waals surface area contributed by atoms with Crippen molar-refractivity contribution in [3.05, 3.63) is 35.9 Å². The van der Waals surface area contributed by atoms with Gasteiger partial charge in [0, 0.05) is 5.75 Å². The molecule has 0 saturated heterocycles. The van der Waals surface area contributed by atoms with Gasteiger partial charge in [0.15, 0.2) is 0 Å². The zero-order valence-corrected chi connectivity index (χ0v) is 7.49. The van der Waals surface area contributed by atoms with Crippen LogP contribution in [0, 0.1) is 0 Å². The minimum absolute atomic E-state index is 0. The predicted octanol–water partition coefficient (Wildman–Crippen LogP) is 2.11. The van der Waals surface area contributed by atoms with E-state index in [9.17, 15) is 0 Å². The molecule has 1 aromatic carbocycles. The van der Waals surface area contributed by atoms with Crippen LogP contribution in [0.4, 0.5) is 0 Å². The van der Waals surface area contributed by atoms with Crippen LogP contribution in [-0.2, 0) is 5.75 Å². The molecule has 1 nitrogen and oxygen atoms in total. The first-order valence-electron chi connectivity index (χ1n) is 3.18. The molecule has 1 N–H and O–H groups in total. The summed E-state index contributed by atoms with van der Waals surface area (Å²) in [6, 6.07) is 9.91. The Labute approximate surface area is 124 Å². The predicted molar refractivity (Wildman–Crippen MR) is 60.1 cm³/mol. The van der Waals surface area contributed by atoms with Crippen LogP contribution >= 0.6 is 24.0 Å². The van der Waals surface area contributed by atoms with E-state index in [0.717, 1.165) is 5.75 Å². The van der Waals surface area contributed by atoms with E-state index in [2.05, 4.69) is 12.2 Å². The topological polar surface area (TPSA) is 20.2 Å². The van der Waals surface area contributed by atoms with Gasteiger partial charge in [0.2, 0.25) is 4.38 Å². The van der Waals surface area contributed by atoms with Crippen LogP contribution < -0.4 is 0 Å². The summed E-state index contributed by atoms with van der Waals surface area (Å²) in [6.45, 7) is 0. The van der Waals surface area contributed by atoms with Gasteiger partial charge in [-0.2, -0.15) is 0 Å². The standard InChI is InChI=1S/C8H8OS2.K.H/c9-8(10)11-6-7-4-2-1-3-5-7;;/h1-5H,6H2,(H,9,10);;. The monoisotopic (exact) mass is 224 g/mol. The fourth-order valence-electron chi connectivity index (χ4n) is 0.719. The molecule has 60 valence electrons. The Balaban J connectivity index is 0.00000121. The molecule has 0 heterocycles. The van der Waals surface area contributed by atoms with Crippen LogP contribution in [0.2, 0.25) is 0 Å². The molecule has 0 saturated carbocycles. The van der Waals surface area contributed by atoms with Crippen molar-refractivity contribution in [3.8, 4) is 0 Å². The van der Waals surface area contributed by atoms with Crippen molar-refractivity contribution in [3.63, 3.8) is 0 Å². The number of aliphatic hydroxyl groups is 1. The molecule has 0 spiro atoms. The molecule has 0 radical (unpaired) electrons. The maximum atomic E-state index is 8.71. The van der Waals surface area contributed by atoms with E-state index >= 15 is 0 Å². The Morgan fingerprint density at radius 3 is 2.42 bits per heavy atom. The third-order valence-electron chi connectivity index (χ3n) is 1.21. The number of thiocarbonyl (C=S) groups is 1. The van der Waals surface area contributed by atoms with Crippen molar-refractivity contribution >= 4 is 79.7 Å². The quantitative estimate of drug-likeness (QED) is 0.614. The Morgan fingerprint density at radius 2 is 1.92 bits per heavy atom. The van der Waals surface area contributed by atoms with E-state index in [1.54, 1.807) is 0 Å². The second-order valence-corrected chi connectivity index (χ2v) is 3.65. The summed E-state index contributed by atoms with van der Waals surface area (Å²) in [6.07, 6.45) is 0. The van der Waals surface area contributed by atoms with Gasteiger partial charge in [0.25, 0.3) is 0 Å². The average Bonchev–Trinajstić information content (AvgIpc) is 2.03. The summed E-state index contributed by atoms with van der Waals surface area (Å²) in [5.74, 6) is 0.746. The summed E-state index contributed by atoms with van der Waals surface area (Å²) in [5.41, 5.74) is 1.17. The molecule has 0 fully saturated rings. The SMILES string of the molecule is OC(=S)SCc1ccccc1.[KH]. The second kappa shape index (κ2) is 7.50. The Morgan fingerprint density at radius 1 is 1.33 bits per heavy atom. The molecule has 1 aromatic rings. The molecule has 0 bridgehead atoms. The van der Waals surface area contributed by atoms with Crippen LogP contribution in [0.25, 0.3) is 0 Å². The molecule has 1 rings (SSSR count). The first-order valence-corrected chi connectivity index (χ1v) is 4.58. The molecular weight excluding hydrogens is 215 g/mol. The van der Waals surface area contributed by atoms with E-state index in [4.69, 9.17) is 5.11 Å². The summed E-state index contributed by atoms with van der Waals surface area (Å²) in [4.78, 5) is 0. The first kappa shape index (κ1) is 13.1. The van der Waals surface area contributed by atoms with Gasteiger partial charge in [-0.1, -0.05) is 42.1 Å². The summed E-state index contributed by atoms with van der Waals surface area (Å²) in [5, 5.41) is 8.71. The maximum absolute atomic E-state index is 8.71. The molecule has 12 heavy (non-hydrogen) atoms. The van der Waals surface area contributed by atoms with Crippen LogP contribution in [0.5, 0.6) is 0 Å². The van der Waals surface area contributed by atoms with Gasteiger partial charge in [-0.25, -0.2) is 0 Å². The Kier molecular flexibility index (Phi) is 8.18. The number of hydrogen-bond acceptors (Lipinski definition) is 2. The van der Waals surface area contributed by atoms with Gasteiger partial charge in [-0.3, -0.25) is 0 Å². The summed E-state index contributed by atoms with van der Waals surface area (Å²) < 4.78 is 0.00820. The third kappa shape index (κ3) is 5.69. The van der Waals surface area contributed by atoms with Crippen molar-refractivity contribution in [2.75, 3.05) is 0 Å². The molecule has 0 amide bonds. The van der Waals surface area contributed by atoms with Crippen LogP contribution in [0.15, 0.2) is 30.3 Å². The summed E-state index contributed by atoms with van der Waals surface area (Å²) in [7, 11) is 0. The van der Waals surface area contributed by atoms with E-state index in [-0.39, 0.29) is 55.8 Å². The van der Waals surface area contributed by atoms with Gasteiger partial charge in [0.05, 0.1) is 0 Å². The average molecular weight is 224 g/mol. The van der Waals surface area contributed by atoms with Gasteiger partial charge in [-0.05, 0) is 17.8 Å². The van der Waals surface area contributed by atoms with Gasteiger partial charge < -0.3 is 5.11 Å².